The minimum Gasteiger partial charge on any atom is -0.339 e. The van der Waals surface area contributed by atoms with Crippen molar-refractivity contribution < 1.29 is 9.32 Å². The Kier molecular flexibility index (Phi) is 4.94. The first-order chi connectivity index (χ1) is 11.6. The number of hydrogen-bond acceptors (Lipinski definition) is 5. The molecule has 0 bridgehead atoms. The van der Waals surface area contributed by atoms with Crippen molar-refractivity contribution in [1.29, 1.82) is 0 Å². The predicted molar refractivity (Wildman–Crippen MR) is 91.8 cm³/mol. The second-order valence-electron chi connectivity index (χ2n) is 6.51. The van der Waals surface area contributed by atoms with Gasteiger partial charge in [-0.15, -0.1) is 0 Å². The summed E-state index contributed by atoms with van der Waals surface area (Å²) in [6.07, 6.45) is 1.95. The lowest BCUT2D eigenvalue weighted by atomic mass is 10.0. The van der Waals surface area contributed by atoms with E-state index < -0.39 is 0 Å². The van der Waals surface area contributed by atoms with Gasteiger partial charge in [-0.2, -0.15) is 4.98 Å². The van der Waals surface area contributed by atoms with Crippen LogP contribution in [0.3, 0.4) is 0 Å². The Labute approximate surface area is 142 Å². The smallest absolute Gasteiger partial charge is 0.258 e. The summed E-state index contributed by atoms with van der Waals surface area (Å²) in [5.41, 5.74) is 1.33. The first-order valence-electron chi connectivity index (χ1n) is 8.49. The number of piperidine rings is 1. The number of aromatic nitrogens is 2. The lowest BCUT2D eigenvalue weighted by Gasteiger charge is -2.32. The Hall–Kier alpha value is -2.21. The highest BCUT2D eigenvalue weighted by molar-refractivity contribution is 6.00. The summed E-state index contributed by atoms with van der Waals surface area (Å²) in [7, 11) is 1.97. The molecular weight excluding hydrogens is 304 g/mol. The van der Waals surface area contributed by atoms with Crippen molar-refractivity contribution in [1.82, 2.24) is 20.4 Å². The molecule has 128 valence electrons. The molecule has 0 atom stereocenters. The SMILES string of the molecule is CNC1CCN(C(=O)c2ccccc2-c2nc(C(C)C)no2)CC1. The van der Waals surface area contributed by atoms with Crippen molar-refractivity contribution in [3.05, 3.63) is 35.7 Å². The number of carbonyl (C=O) groups is 1. The van der Waals surface area contributed by atoms with Crippen LogP contribution in [0.4, 0.5) is 0 Å². The van der Waals surface area contributed by atoms with Gasteiger partial charge in [0, 0.05) is 25.0 Å². The molecule has 0 saturated carbocycles. The van der Waals surface area contributed by atoms with E-state index in [4.69, 9.17) is 4.52 Å². The maximum atomic E-state index is 12.9. The minimum absolute atomic E-state index is 0.0319. The number of carbonyl (C=O) groups excluding carboxylic acids is 1. The summed E-state index contributed by atoms with van der Waals surface area (Å²) in [4.78, 5) is 19.3. The molecule has 1 fully saturated rings. The van der Waals surface area contributed by atoms with Crippen LogP contribution in [0.15, 0.2) is 28.8 Å². The maximum Gasteiger partial charge on any atom is 0.258 e. The summed E-state index contributed by atoms with van der Waals surface area (Å²) in [6.45, 7) is 5.55. The first-order valence-corrected chi connectivity index (χ1v) is 8.49. The first kappa shape index (κ1) is 16.6. The fourth-order valence-corrected chi connectivity index (χ4v) is 2.98. The molecule has 1 amide bonds. The lowest BCUT2D eigenvalue weighted by Crippen LogP contribution is -2.44. The summed E-state index contributed by atoms with van der Waals surface area (Å²) in [5, 5.41) is 7.29. The molecule has 1 aliphatic rings. The molecule has 2 heterocycles. The summed E-state index contributed by atoms with van der Waals surface area (Å²) in [5.74, 6) is 1.28. The van der Waals surface area contributed by atoms with E-state index in [1.165, 1.54) is 0 Å². The Morgan fingerprint density at radius 2 is 2.00 bits per heavy atom. The van der Waals surface area contributed by atoms with E-state index in [1.54, 1.807) is 0 Å². The monoisotopic (exact) mass is 328 g/mol. The zero-order valence-corrected chi connectivity index (χ0v) is 14.5. The van der Waals surface area contributed by atoms with Crippen LogP contribution >= 0.6 is 0 Å². The van der Waals surface area contributed by atoms with E-state index in [1.807, 2.05) is 50.1 Å². The molecule has 0 spiro atoms. The predicted octanol–water partition coefficient (Wildman–Crippen LogP) is 2.68. The van der Waals surface area contributed by atoms with Crippen molar-refractivity contribution in [3.8, 4) is 11.5 Å². The van der Waals surface area contributed by atoms with Crippen LogP contribution in [0.5, 0.6) is 0 Å². The molecule has 1 N–H and O–H groups in total. The van der Waals surface area contributed by atoms with E-state index >= 15 is 0 Å². The number of amides is 1. The van der Waals surface area contributed by atoms with Gasteiger partial charge in [0.05, 0.1) is 11.1 Å². The number of hydrogen-bond donors (Lipinski definition) is 1. The third-order valence-corrected chi connectivity index (χ3v) is 4.54. The van der Waals surface area contributed by atoms with Gasteiger partial charge in [0.15, 0.2) is 5.82 Å². The van der Waals surface area contributed by atoms with Crippen molar-refractivity contribution in [2.24, 2.45) is 0 Å². The van der Waals surface area contributed by atoms with Crippen LogP contribution in [0, 0.1) is 0 Å². The van der Waals surface area contributed by atoms with E-state index in [0.717, 1.165) is 25.9 Å². The molecule has 1 aliphatic heterocycles. The Bertz CT molecular complexity index is 703. The zero-order chi connectivity index (χ0) is 17.1. The molecule has 0 radical (unpaired) electrons. The van der Waals surface area contributed by atoms with Crippen LogP contribution in [0.1, 0.15) is 48.8 Å². The summed E-state index contributed by atoms with van der Waals surface area (Å²) >= 11 is 0. The van der Waals surface area contributed by atoms with Gasteiger partial charge in [-0.05, 0) is 32.0 Å². The molecule has 1 aromatic heterocycles. The van der Waals surface area contributed by atoms with Crippen LogP contribution in [0.2, 0.25) is 0 Å². The van der Waals surface area contributed by atoms with Crippen LogP contribution in [-0.2, 0) is 0 Å². The van der Waals surface area contributed by atoms with Crippen molar-refractivity contribution in [2.75, 3.05) is 20.1 Å². The van der Waals surface area contributed by atoms with Crippen LogP contribution < -0.4 is 5.32 Å². The highest BCUT2D eigenvalue weighted by atomic mass is 16.5. The molecule has 3 rings (SSSR count). The number of rotatable bonds is 4. The van der Waals surface area contributed by atoms with Gasteiger partial charge >= 0.3 is 0 Å². The average molecular weight is 328 g/mol. The molecule has 0 aliphatic carbocycles. The third kappa shape index (κ3) is 3.33. The Balaban J connectivity index is 1.85. The Morgan fingerprint density at radius 3 is 2.62 bits per heavy atom. The fourth-order valence-electron chi connectivity index (χ4n) is 2.98. The Morgan fingerprint density at radius 1 is 1.29 bits per heavy atom. The second kappa shape index (κ2) is 7.13. The topological polar surface area (TPSA) is 71.3 Å². The maximum absolute atomic E-state index is 12.9. The number of nitrogens with one attached hydrogen (secondary N) is 1. The second-order valence-corrected chi connectivity index (χ2v) is 6.51. The summed E-state index contributed by atoms with van der Waals surface area (Å²) in [6, 6.07) is 7.95. The molecule has 1 saturated heterocycles. The lowest BCUT2D eigenvalue weighted by molar-refractivity contribution is 0.0708. The van der Waals surface area contributed by atoms with E-state index in [9.17, 15) is 4.79 Å². The number of likely N-dealkylation sites (tertiary alicyclic amines) is 1. The zero-order valence-electron chi connectivity index (χ0n) is 14.5. The van der Waals surface area contributed by atoms with Gasteiger partial charge in [0.25, 0.3) is 11.8 Å². The highest BCUT2D eigenvalue weighted by Crippen LogP contribution is 2.25. The molecular formula is C18H24N4O2. The molecule has 1 aromatic carbocycles. The molecule has 6 heteroatoms. The van der Waals surface area contributed by atoms with Gasteiger partial charge < -0.3 is 14.7 Å². The van der Waals surface area contributed by atoms with E-state index in [2.05, 4.69) is 15.5 Å². The van der Waals surface area contributed by atoms with Gasteiger partial charge in [-0.1, -0.05) is 31.1 Å². The van der Waals surface area contributed by atoms with Gasteiger partial charge in [-0.25, -0.2) is 0 Å². The van der Waals surface area contributed by atoms with E-state index in [-0.39, 0.29) is 11.8 Å². The molecule has 6 nitrogen and oxygen atoms in total. The summed E-state index contributed by atoms with van der Waals surface area (Å²) < 4.78 is 5.38. The van der Waals surface area contributed by atoms with Gasteiger partial charge in [0.2, 0.25) is 0 Å². The van der Waals surface area contributed by atoms with Crippen molar-refractivity contribution in [3.63, 3.8) is 0 Å². The number of benzene rings is 1. The highest BCUT2D eigenvalue weighted by Gasteiger charge is 2.26. The molecule has 0 unspecified atom stereocenters. The van der Waals surface area contributed by atoms with Gasteiger partial charge in [0.1, 0.15) is 0 Å². The normalized spacial score (nSPS) is 15.9. The molecule has 2 aromatic rings. The largest absolute Gasteiger partial charge is 0.339 e. The van der Waals surface area contributed by atoms with Crippen molar-refractivity contribution >= 4 is 5.91 Å². The fraction of sp³-hybridized carbons (Fsp3) is 0.500. The average Bonchev–Trinajstić information content (AvgIpc) is 3.11. The van der Waals surface area contributed by atoms with Crippen LogP contribution in [-0.4, -0.2) is 47.1 Å². The van der Waals surface area contributed by atoms with Gasteiger partial charge in [-0.3, -0.25) is 4.79 Å². The standard InChI is InChI=1S/C18H24N4O2/c1-12(2)16-20-17(24-21-16)14-6-4-5-7-15(14)18(23)22-10-8-13(19-3)9-11-22/h4-7,12-13,19H,8-11H2,1-3H3. The quantitative estimate of drug-likeness (QED) is 0.934. The number of nitrogens with zero attached hydrogens (tertiary/aromatic N) is 3. The molecule has 24 heavy (non-hydrogen) atoms. The van der Waals surface area contributed by atoms with Crippen LogP contribution in [0.25, 0.3) is 11.5 Å². The third-order valence-electron chi connectivity index (χ3n) is 4.54. The van der Waals surface area contributed by atoms with E-state index in [0.29, 0.717) is 28.9 Å². The van der Waals surface area contributed by atoms with Crippen molar-refractivity contribution in [2.45, 2.75) is 38.6 Å². The minimum atomic E-state index is 0.0319.